The van der Waals surface area contributed by atoms with Gasteiger partial charge in [0.25, 0.3) is 5.91 Å². The second-order valence-corrected chi connectivity index (χ2v) is 4.84. The van der Waals surface area contributed by atoms with E-state index in [0.29, 0.717) is 29.3 Å². The van der Waals surface area contributed by atoms with Gasteiger partial charge in [-0.3, -0.25) is 4.79 Å². The SMILES string of the molecule is N#Cc1ccc(C(=O)NCc2cnco2)c(C2CC2)c1. The molecule has 1 aliphatic carbocycles. The summed E-state index contributed by atoms with van der Waals surface area (Å²) in [4.78, 5) is 16.0. The molecule has 1 aliphatic rings. The first-order valence-corrected chi connectivity index (χ1v) is 6.47. The average Bonchev–Trinajstić information content (AvgIpc) is 3.20. The third-order valence-corrected chi connectivity index (χ3v) is 3.35. The maximum absolute atomic E-state index is 12.2. The predicted octanol–water partition coefficient (Wildman–Crippen LogP) is 2.35. The molecule has 1 heterocycles. The summed E-state index contributed by atoms with van der Waals surface area (Å²) < 4.78 is 5.08. The molecule has 0 saturated heterocycles. The molecule has 5 heteroatoms. The third kappa shape index (κ3) is 2.54. The lowest BCUT2D eigenvalue weighted by atomic mass is 10.00. The lowest BCUT2D eigenvalue weighted by Gasteiger charge is -2.09. The molecule has 1 aromatic carbocycles. The average molecular weight is 267 g/mol. The molecule has 0 radical (unpaired) electrons. The van der Waals surface area contributed by atoms with Crippen molar-refractivity contribution in [3.63, 3.8) is 0 Å². The predicted molar refractivity (Wildman–Crippen MR) is 70.8 cm³/mol. The van der Waals surface area contributed by atoms with Crippen molar-refractivity contribution in [3.05, 3.63) is 53.2 Å². The van der Waals surface area contributed by atoms with Crippen LogP contribution in [0.5, 0.6) is 0 Å². The van der Waals surface area contributed by atoms with Crippen LogP contribution in [-0.2, 0) is 6.54 Å². The van der Waals surface area contributed by atoms with Gasteiger partial charge in [0.2, 0.25) is 0 Å². The number of benzene rings is 1. The van der Waals surface area contributed by atoms with Gasteiger partial charge in [0.15, 0.2) is 6.39 Å². The molecule has 20 heavy (non-hydrogen) atoms. The fourth-order valence-electron chi connectivity index (χ4n) is 2.16. The summed E-state index contributed by atoms with van der Waals surface area (Å²) in [6.45, 7) is 0.308. The third-order valence-electron chi connectivity index (χ3n) is 3.35. The van der Waals surface area contributed by atoms with Gasteiger partial charge in [-0.25, -0.2) is 4.98 Å². The Morgan fingerprint density at radius 2 is 2.35 bits per heavy atom. The molecule has 0 atom stereocenters. The molecule has 0 spiro atoms. The number of nitrogens with one attached hydrogen (secondary N) is 1. The normalized spacial score (nSPS) is 13.8. The van der Waals surface area contributed by atoms with Crippen LogP contribution in [0.2, 0.25) is 0 Å². The van der Waals surface area contributed by atoms with Crippen LogP contribution in [-0.4, -0.2) is 10.9 Å². The molecule has 0 aliphatic heterocycles. The van der Waals surface area contributed by atoms with Crippen molar-refractivity contribution in [2.45, 2.75) is 25.3 Å². The Morgan fingerprint density at radius 3 is 3.00 bits per heavy atom. The second kappa shape index (κ2) is 5.17. The summed E-state index contributed by atoms with van der Waals surface area (Å²) in [5.41, 5.74) is 2.21. The first-order chi connectivity index (χ1) is 9.78. The van der Waals surface area contributed by atoms with E-state index in [4.69, 9.17) is 9.68 Å². The fourth-order valence-corrected chi connectivity index (χ4v) is 2.16. The molecule has 1 amide bonds. The maximum atomic E-state index is 12.2. The molecular weight excluding hydrogens is 254 g/mol. The van der Waals surface area contributed by atoms with Gasteiger partial charge in [0.1, 0.15) is 5.76 Å². The van der Waals surface area contributed by atoms with E-state index in [0.717, 1.165) is 18.4 Å². The van der Waals surface area contributed by atoms with Gasteiger partial charge in [0.05, 0.1) is 24.4 Å². The Kier molecular flexibility index (Phi) is 3.21. The fraction of sp³-hybridized carbons (Fsp3) is 0.267. The van der Waals surface area contributed by atoms with Gasteiger partial charge in [-0.2, -0.15) is 5.26 Å². The summed E-state index contributed by atoms with van der Waals surface area (Å²) in [5.74, 6) is 0.877. The van der Waals surface area contributed by atoms with Gasteiger partial charge in [-0.05, 0) is 42.5 Å². The van der Waals surface area contributed by atoms with E-state index in [2.05, 4.69) is 16.4 Å². The minimum absolute atomic E-state index is 0.146. The monoisotopic (exact) mass is 267 g/mol. The molecule has 1 saturated carbocycles. The van der Waals surface area contributed by atoms with Crippen LogP contribution in [0, 0.1) is 11.3 Å². The Hall–Kier alpha value is -2.61. The second-order valence-electron chi connectivity index (χ2n) is 4.84. The molecule has 0 unspecified atom stereocenters. The van der Waals surface area contributed by atoms with E-state index in [9.17, 15) is 4.79 Å². The first-order valence-electron chi connectivity index (χ1n) is 6.47. The lowest BCUT2D eigenvalue weighted by molar-refractivity contribution is 0.0947. The molecule has 5 nitrogen and oxygen atoms in total. The summed E-state index contributed by atoms with van der Waals surface area (Å²) in [6, 6.07) is 7.34. The van der Waals surface area contributed by atoms with Crippen LogP contribution in [0.1, 0.15) is 46.0 Å². The van der Waals surface area contributed by atoms with Crippen LogP contribution in [0.25, 0.3) is 0 Å². The van der Waals surface area contributed by atoms with Gasteiger partial charge in [-0.1, -0.05) is 0 Å². The highest BCUT2D eigenvalue weighted by molar-refractivity contribution is 5.96. The first kappa shape index (κ1) is 12.4. The van der Waals surface area contributed by atoms with Crippen molar-refractivity contribution in [3.8, 4) is 6.07 Å². The molecule has 0 bridgehead atoms. The highest BCUT2D eigenvalue weighted by Crippen LogP contribution is 2.42. The van der Waals surface area contributed by atoms with Crippen molar-refractivity contribution in [2.75, 3.05) is 0 Å². The summed E-state index contributed by atoms with van der Waals surface area (Å²) in [6.07, 6.45) is 5.06. The van der Waals surface area contributed by atoms with E-state index in [1.807, 2.05) is 6.07 Å². The van der Waals surface area contributed by atoms with E-state index >= 15 is 0 Å². The topological polar surface area (TPSA) is 78.9 Å². The van der Waals surface area contributed by atoms with Crippen molar-refractivity contribution >= 4 is 5.91 Å². The Labute approximate surface area is 116 Å². The quantitative estimate of drug-likeness (QED) is 0.922. The summed E-state index contributed by atoms with van der Waals surface area (Å²) in [5, 5.41) is 11.8. The number of nitriles is 1. The van der Waals surface area contributed by atoms with Crippen LogP contribution in [0.4, 0.5) is 0 Å². The van der Waals surface area contributed by atoms with E-state index in [-0.39, 0.29) is 5.91 Å². The molecule has 1 aromatic heterocycles. The zero-order chi connectivity index (χ0) is 13.9. The molecule has 3 rings (SSSR count). The Balaban J connectivity index is 1.78. The number of oxazole rings is 1. The Bertz CT molecular complexity index is 667. The van der Waals surface area contributed by atoms with Gasteiger partial charge >= 0.3 is 0 Å². The minimum atomic E-state index is -0.146. The molecular formula is C15H13N3O2. The number of carbonyl (C=O) groups excluding carboxylic acids is 1. The maximum Gasteiger partial charge on any atom is 0.251 e. The molecule has 1 fully saturated rings. The summed E-state index contributed by atoms with van der Waals surface area (Å²) >= 11 is 0. The molecule has 2 aromatic rings. The number of hydrogen-bond donors (Lipinski definition) is 1. The van der Waals surface area contributed by atoms with Crippen LogP contribution in [0.3, 0.4) is 0 Å². The summed E-state index contributed by atoms with van der Waals surface area (Å²) in [7, 11) is 0. The van der Waals surface area contributed by atoms with E-state index < -0.39 is 0 Å². The number of amides is 1. The van der Waals surface area contributed by atoms with Crippen molar-refractivity contribution in [1.82, 2.24) is 10.3 Å². The van der Waals surface area contributed by atoms with Gasteiger partial charge < -0.3 is 9.73 Å². The van der Waals surface area contributed by atoms with Crippen molar-refractivity contribution in [2.24, 2.45) is 0 Å². The molecule has 100 valence electrons. The Morgan fingerprint density at radius 1 is 1.50 bits per heavy atom. The smallest absolute Gasteiger partial charge is 0.251 e. The number of rotatable bonds is 4. The van der Waals surface area contributed by atoms with Crippen molar-refractivity contribution < 1.29 is 9.21 Å². The zero-order valence-corrected chi connectivity index (χ0v) is 10.8. The van der Waals surface area contributed by atoms with Crippen LogP contribution >= 0.6 is 0 Å². The zero-order valence-electron chi connectivity index (χ0n) is 10.8. The number of aromatic nitrogens is 1. The van der Waals surface area contributed by atoms with Crippen LogP contribution < -0.4 is 5.32 Å². The standard InChI is InChI=1S/C15H13N3O2/c16-6-10-1-4-13(14(5-10)11-2-3-11)15(19)18-8-12-7-17-9-20-12/h1,4-5,7,9,11H,2-3,8H2,(H,18,19). The van der Waals surface area contributed by atoms with E-state index in [1.54, 1.807) is 18.3 Å². The number of carbonyl (C=O) groups is 1. The van der Waals surface area contributed by atoms with E-state index in [1.165, 1.54) is 6.39 Å². The van der Waals surface area contributed by atoms with Gasteiger partial charge in [-0.15, -0.1) is 0 Å². The lowest BCUT2D eigenvalue weighted by Crippen LogP contribution is -2.23. The van der Waals surface area contributed by atoms with Crippen LogP contribution in [0.15, 0.2) is 35.2 Å². The number of nitrogens with zero attached hydrogens (tertiary/aromatic N) is 2. The molecule has 1 N–H and O–H groups in total. The van der Waals surface area contributed by atoms with Crippen molar-refractivity contribution in [1.29, 1.82) is 5.26 Å². The highest BCUT2D eigenvalue weighted by atomic mass is 16.3. The highest BCUT2D eigenvalue weighted by Gasteiger charge is 2.28. The number of hydrogen-bond acceptors (Lipinski definition) is 4. The van der Waals surface area contributed by atoms with Gasteiger partial charge in [0, 0.05) is 5.56 Å². The minimum Gasteiger partial charge on any atom is -0.447 e. The largest absolute Gasteiger partial charge is 0.447 e.